The molecule has 0 atom stereocenters. The molecule has 172 valence electrons. The van der Waals surface area contributed by atoms with E-state index < -0.39 is 0 Å². The van der Waals surface area contributed by atoms with Crippen LogP contribution < -0.4 is 26.5 Å². The van der Waals surface area contributed by atoms with Gasteiger partial charge in [-0.25, -0.2) is 15.0 Å². The van der Waals surface area contributed by atoms with Gasteiger partial charge < -0.3 is 25.5 Å². The van der Waals surface area contributed by atoms with Crippen LogP contribution in [0.25, 0.3) is 28.2 Å². The van der Waals surface area contributed by atoms with Crippen molar-refractivity contribution >= 4 is 29.2 Å². The molecule has 0 aliphatic rings. The monoisotopic (exact) mass is 469 g/mol. The van der Waals surface area contributed by atoms with Gasteiger partial charge in [0, 0.05) is 49.4 Å². The first-order valence-electron chi connectivity index (χ1n) is 9.73. The number of halogens is 1. The van der Waals surface area contributed by atoms with E-state index in [1.54, 1.807) is 39.4 Å². The second kappa shape index (κ2) is 9.70. The number of nitrogens with zero attached hydrogens (tertiary/aromatic N) is 5. The van der Waals surface area contributed by atoms with Gasteiger partial charge in [0.15, 0.2) is 5.82 Å². The number of methoxy groups -OCH3 is 2. The van der Waals surface area contributed by atoms with Crippen LogP contribution in [0.3, 0.4) is 0 Å². The molecule has 0 saturated heterocycles. The fourth-order valence-electron chi connectivity index (χ4n) is 3.12. The molecule has 10 nitrogen and oxygen atoms in total. The number of ether oxygens (including phenoxy) is 2. The van der Waals surface area contributed by atoms with Gasteiger partial charge in [0.05, 0.1) is 31.1 Å². The Balaban J connectivity index is 2.29. The molecule has 0 radical (unpaired) electrons. The fraction of sp³-hybridized carbons (Fsp3) is 0.227. The number of nitrogen functional groups attached to an aromatic ring is 1. The minimum absolute atomic E-state index is 0.0738. The molecule has 2 heterocycles. The summed E-state index contributed by atoms with van der Waals surface area (Å²) in [5.74, 6) is 0.926. The number of nitrogens with two attached hydrogens (primary N) is 2. The molecule has 0 fully saturated rings. The fourth-order valence-corrected chi connectivity index (χ4v) is 3.40. The number of benzene rings is 1. The predicted molar refractivity (Wildman–Crippen MR) is 130 cm³/mol. The lowest BCUT2D eigenvalue weighted by molar-refractivity contribution is 0.395. The molecular formula is C22H24ClN7O3. The number of rotatable bonds is 6. The van der Waals surface area contributed by atoms with Crippen molar-refractivity contribution in [2.45, 2.75) is 6.92 Å². The third-order valence-corrected chi connectivity index (χ3v) is 5.19. The van der Waals surface area contributed by atoms with Gasteiger partial charge >= 0.3 is 0 Å². The average molecular weight is 470 g/mol. The topological polar surface area (TPSA) is 144 Å². The number of hydrogen-bond donors (Lipinski definition) is 2. The maximum absolute atomic E-state index is 13.0. The van der Waals surface area contributed by atoms with Crippen LogP contribution in [0.15, 0.2) is 40.0 Å². The molecule has 33 heavy (non-hydrogen) atoms. The van der Waals surface area contributed by atoms with Gasteiger partial charge in [0.25, 0.3) is 5.56 Å². The third-order valence-electron chi connectivity index (χ3n) is 4.80. The first kappa shape index (κ1) is 23.7. The largest absolute Gasteiger partial charge is 0.497 e. The molecule has 0 aliphatic heterocycles. The van der Waals surface area contributed by atoms with Crippen molar-refractivity contribution in [2.24, 2.45) is 17.8 Å². The van der Waals surface area contributed by atoms with Crippen molar-refractivity contribution in [1.29, 1.82) is 0 Å². The Morgan fingerprint density at radius 2 is 1.94 bits per heavy atom. The van der Waals surface area contributed by atoms with Crippen LogP contribution in [0.2, 0.25) is 5.02 Å². The maximum atomic E-state index is 13.0. The second-order valence-electron chi connectivity index (χ2n) is 7.06. The quantitative estimate of drug-likeness (QED) is 0.524. The molecule has 3 aromatic rings. The van der Waals surface area contributed by atoms with Crippen molar-refractivity contribution in [2.75, 3.05) is 27.0 Å². The van der Waals surface area contributed by atoms with Gasteiger partial charge in [-0.1, -0.05) is 11.6 Å². The van der Waals surface area contributed by atoms with E-state index in [0.29, 0.717) is 39.7 Å². The Labute approximate surface area is 195 Å². The zero-order valence-electron chi connectivity index (χ0n) is 18.9. The molecule has 0 saturated carbocycles. The van der Waals surface area contributed by atoms with Crippen LogP contribution in [0.1, 0.15) is 12.6 Å². The van der Waals surface area contributed by atoms with Crippen molar-refractivity contribution in [3.8, 4) is 34.1 Å². The second-order valence-corrected chi connectivity index (χ2v) is 7.43. The Morgan fingerprint density at radius 1 is 1.21 bits per heavy atom. The highest BCUT2D eigenvalue weighted by atomic mass is 35.5. The summed E-state index contributed by atoms with van der Waals surface area (Å²) >= 11 is 6.51. The summed E-state index contributed by atoms with van der Waals surface area (Å²) in [7, 11) is 6.19. The van der Waals surface area contributed by atoms with Gasteiger partial charge in [-0.15, -0.1) is 0 Å². The maximum Gasteiger partial charge on any atom is 0.276 e. The van der Waals surface area contributed by atoms with E-state index in [1.165, 1.54) is 31.2 Å². The van der Waals surface area contributed by atoms with Gasteiger partial charge in [0.2, 0.25) is 0 Å². The van der Waals surface area contributed by atoms with E-state index >= 15 is 0 Å². The minimum Gasteiger partial charge on any atom is -0.497 e. The standard InChI is InChI=1S/C22H24ClN7O3/c1-11(24)14(8-26-2)15-9-27-21(25)20(28-15)16-10-30(3)22(31)19(29-16)13-6-12(32-4)7-17(33-5)18(13)23/h6-10H,24H2,1-5H3,(H2,25,27). The summed E-state index contributed by atoms with van der Waals surface area (Å²) in [5.41, 5.74) is 14.3. The third kappa shape index (κ3) is 4.65. The number of aliphatic imine (C=N–C) groups is 1. The van der Waals surface area contributed by atoms with E-state index in [-0.39, 0.29) is 27.8 Å². The van der Waals surface area contributed by atoms with E-state index in [0.717, 1.165) is 0 Å². The Kier molecular flexibility index (Phi) is 6.98. The van der Waals surface area contributed by atoms with Crippen molar-refractivity contribution in [1.82, 2.24) is 19.5 Å². The molecule has 3 rings (SSSR count). The van der Waals surface area contributed by atoms with E-state index in [4.69, 9.17) is 32.5 Å². The summed E-state index contributed by atoms with van der Waals surface area (Å²) < 4.78 is 12.0. The van der Waals surface area contributed by atoms with Gasteiger partial charge in [0.1, 0.15) is 28.6 Å². The first-order chi connectivity index (χ1) is 15.7. The van der Waals surface area contributed by atoms with Crippen molar-refractivity contribution in [3.63, 3.8) is 0 Å². The lowest BCUT2D eigenvalue weighted by atomic mass is 10.1. The smallest absolute Gasteiger partial charge is 0.276 e. The zero-order chi connectivity index (χ0) is 24.3. The highest BCUT2D eigenvalue weighted by molar-refractivity contribution is 6.34. The molecule has 0 amide bonds. The molecular weight excluding hydrogens is 446 g/mol. The van der Waals surface area contributed by atoms with Gasteiger partial charge in [-0.3, -0.25) is 9.79 Å². The van der Waals surface area contributed by atoms with Crippen molar-refractivity contribution in [3.05, 3.63) is 51.3 Å². The Morgan fingerprint density at radius 3 is 2.55 bits per heavy atom. The van der Waals surface area contributed by atoms with E-state index in [9.17, 15) is 4.79 Å². The lowest BCUT2D eigenvalue weighted by Gasteiger charge is -2.14. The average Bonchev–Trinajstić information content (AvgIpc) is 2.80. The molecule has 4 N–H and O–H groups in total. The number of anilines is 1. The van der Waals surface area contributed by atoms with Crippen LogP contribution in [-0.2, 0) is 7.05 Å². The van der Waals surface area contributed by atoms with Gasteiger partial charge in [-0.2, -0.15) is 0 Å². The first-order valence-corrected chi connectivity index (χ1v) is 10.1. The number of aryl methyl sites for hydroxylation is 1. The number of allylic oxidation sites excluding steroid dienone is 2. The summed E-state index contributed by atoms with van der Waals surface area (Å²) in [5, 5.41) is 0.219. The van der Waals surface area contributed by atoms with Crippen LogP contribution in [0, 0.1) is 0 Å². The zero-order valence-corrected chi connectivity index (χ0v) is 19.6. The molecule has 0 spiro atoms. The van der Waals surface area contributed by atoms with Crippen LogP contribution in [-0.4, -0.2) is 47.0 Å². The SMILES string of the molecule is CN=CC(=C(C)N)c1cnc(N)c(-c2cn(C)c(=O)c(-c3cc(OC)cc(OC)c3Cl)n2)n1. The predicted octanol–water partition coefficient (Wildman–Crippen LogP) is 2.55. The summed E-state index contributed by atoms with van der Waals surface area (Å²) in [6.07, 6.45) is 4.61. The van der Waals surface area contributed by atoms with E-state index in [2.05, 4.69) is 19.9 Å². The molecule has 1 aromatic carbocycles. The number of aromatic nitrogens is 4. The van der Waals surface area contributed by atoms with E-state index in [1.807, 2.05) is 0 Å². The summed E-state index contributed by atoms with van der Waals surface area (Å²) in [4.78, 5) is 30.4. The van der Waals surface area contributed by atoms with Gasteiger partial charge in [-0.05, 0) is 13.0 Å². The summed E-state index contributed by atoms with van der Waals surface area (Å²) in [6, 6.07) is 3.23. The molecule has 0 aliphatic carbocycles. The molecule has 2 aromatic heterocycles. The Hall–Kier alpha value is -3.92. The lowest BCUT2D eigenvalue weighted by Crippen LogP contribution is -2.21. The normalized spacial score (nSPS) is 12.1. The van der Waals surface area contributed by atoms with Crippen LogP contribution in [0.4, 0.5) is 5.82 Å². The highest BCUT2D eigenvalue weighted by Gasteiger charge is 2.20. The molecule has 0 unspecified atom stereocenters. The molecule has 11 heteroatoms. The highest BCUT2D eigenvalue weighted by Crippen LogP contribution is 2.38. The molecule has 0 bridgehead atoms. The van der Waals surface area contributed by atoms with Crippen LogP contribution >= 0.6 is 11.6 Å². The Bertz CT molecular complexity index is 1330. The van der Waals surface area contributed by atoms with Crippen molar-refractivity contribution < 1.29 is 9.47 Å². The van der Waals surface area contributed by atoms with Crippen LogP contribution in [0.5, 0.6) is 11.5 Å². The minimum atomic E-state index is -0.379. The summed E-state index contributed by atoms with van der Waals surface area (Å²) in [6.45, 7) is 1.73. The number of hydrogen-bond acceptors (Lipinski definition) is 9.